The summed E-state index contributed by atoms with van der Waals surface area (Å²) in [5.74, 6) is 1.63. The molecule has 2 aromatic rings. The van der Waals surface area contributed by atoms with Crippen LogP contribution in [0, 0.1) is 0 Å². The van der Waals surface area contributed by atoms with Gasteiger partial charge in [0.2, 0.25) is 10.0 Å². The number of ether oxygens (including phenoxy) is 2. The molecule has 0 radical (unpaired) electrons. The normalized spacial score (nSPS) is 16.2. The first-order chi connectivity index (χ1) is 13.1. The van der Waals surface area contributed by atoms with Crippen LogP contribution < -0.4 is 9.47 Å². The van der Waals surface area contributed by atoms with Crippen molar-refractivity contribution in [3.63, 3.8) is 0 Å². The number of aromatic nitrogens is 1. The van der Waals surface area contributed by atoms with E-state index in [0.717, 1.165) is 18.0 Å². The molecular weight excluding hydrogens is 366 g/mol. The van der Waals surface area contributed by atoms with Gasteiger partial charge in [0.1, 0.15) is 23.0 Å². The SMILES string of the molecule is CCOc1ccc(OCCN2CCN(S(=O)(=O)c3cccnc3)CC2)cc1. The molecule has 0 amide bonds. The fourth-order valence-electron chi connectivity index (χ4n) is 2.93. The van der Waals surface area contributed by atoms with Gasteiger partial charge in [-0.3, -0.25) is 9.88 Å². The van der Waals surface area contributed by atoms with E-state index in [2.05, 4.69) is 9.88 Å². The Morgan fingerprint density at radius 2 is 1.67 bits per heavy atom. The van der Waals surface area contributed by atoms with Gasteiger partial charge >= 0.3 is 0 Å². The van der Waals surface area contributed by atoms with Crippen molar-refractivity contribution in [2.45, 2.75) is 11.8 Å². The summed E-state index contributed by atoms with van der Waals surface area (Å²) in [7, 11) is -3.46. The van der Waals surface area contributed by atoms with Gasteiger partial charge in [-0.05, 0) is 43.3 Å². The van der Waals surface area contributed by atoms with Gasteiger partial charge in [-0.25, -0.2) is 8.42 Å². The van der Waals surface area contributed by atoms with E-state index < -0.39 is 10.0 Å². The van der Waals surface area contributed by atoms with Gasteiger partial charge in [0.25, 0.3) is 0 Å². The lowest BCUT2D eigenvalue weighted by Gasteiger charge is -2.33. The standard InChI is InChI=1S/C19H25N3O4S/c1-2-25-17-5-7-18(8-6-17)26-15-14-21-10-12-22(13-11-21)27(23,24)19-4-3-9-20-16-19/h3-9,16H,2,10-15H2,1H3. The molecule has 1 fully saturated rings. The minimum atomic E-state index is -3.46. The van der Waals surface area contributed by atoms with Crippen molar-refractivity contribution in [2.24, 2.45) is 0 Å². The third kappa shape index (κ3) is 5.18. The van der Waals surface area contributed by atoms with Crippen molar-refractivity contribution in [1.82, 2.24) is 14.2 Å². The lowest BCUT2D eigenvalue weighted by Crippen LogP contribution is -2.49. The minimum absolute atomic E-state index is 0.247. The third-order valence-corrected chi connectivity index (χ3v) is 6.30. The fraction of sp³-hybridized carbons (Fsp3) is 0.421. The van der Waals surface area contributed by atoms with Crippen molar-refractivity contribution in [3.8, 4) is 11.5 Å². The zero-order valence-corrected chi connectivity index (χ0v) is 16.3. The van der Waals surface area contributed by atoms with E-state index in [4.69, 9.17) is 9.47 Å². The van der Waals surface area contributed by atoms with E-state index in [9.17, 15) is 8.42 Å². The number of nitrogens with zero attached hydrogens (tertiary/aromatic N) is 3. The topological polar surface area (TPSA) is 72.0 Å². The molecule has 1 aliphatic rings. The molecule has 0 spiro atoms. The number of rotatable bonds is 8. The molecule has 0 unspecified atom stereocenters. The number of pyridine rings is 1. The summed E-state index contributed by atoms with van der Waals surface area (Å²) >= 11 is 0. The van der Waals surface area contributed by atoms with Crippen LogP contribution in [0.25, 0.3) is 0 Å². The van der Waals surface area contributed by atoms with Crippen LogP contribution in [-0.4, -0.2) is 68.5 Å². The molecule has 27 heavy (non-hydrogen) atoms. The number of piperazine rings is 1. The van der Waals surface area contributed by atoms with E-state index in [-0.39, 0.29) is 4.90 Å². The Morgan fingerprint density at radius 1 is 1.00 bits per heavy atom. The van der Waals surface area contributed by atoms with Crippen LogP contribution >= 0.6 is 0 Å². The Kier molecular flexibility index (Phi) is 6.65. The molecule has 0 atom stereocenters. The molecule has 2 heterocycles. The average molecular weight is 391 g/mol. The number of benzene rings is 1. The maximum absolute atomic E-state index is 12.6. The zero-order chi connectivity index (χ0) is 19.1. The summed E-state index contributed by atoms with van der Waals surface area (Å²) in [6, 6.07) is 10.8. The zero-order valence-electron chi connectivity index (χ0n) is 15.5. The molecule has 8 heteroatoms. The molecule has 3 rings (SSSR count). The van der Waals surface area contributed by atoms with Crippen molar-refractivity contribution in [3.05, 3.63) is 48.8 Å². The molecule has 146 valence electrons. The second-order valence-electron chi connectivity index (χ2n) is 6.19. The van der Waals surface area contributed by atoms with Gasteiger partial charge in [0.05, 0.1) is 6.61 Å². The largest absolute Gasteiger partial charge is 0.494 e. The highest BCUT2D eigenvalue weighted by Gasteiger charge is 2.28. The van der Waals surface area contributed by atoms with E-state index in [0.29, 0.717) is 39.4 Å². The second-order valence-corrected chi connectivity index (χ2v) is 8.13. The summed E-state index contributed by atoms with van der Waals surface area (Å²) in [5.41, 5.74) is 0. The van der Waals surface area contributed by atoms with Crippen LogP contribution in [0.2, 0.25) is 0 Å². The number of hydrogen-bond donors (Lipinski definition) is 0. The van der Waals surface area contributed by atoms with Gasteiger partial charge < -0.3 is 9.47 Å². The first-order valence-electron chi connectivity index (χ1n) is 9.08. The van der Waals surface area contributed by atoms with Crippen LogP contribution in [-0.2, 0) is 10.0 Å². The molecule has 1 aliphatic heterocycles. The summed E-state index contributed by atoms with van der Waals surface area (Å²) in [5, 5.41) is 0. The van der Waals surface area contributed by atoms with Crippen molar-refractivity contribution in [1.29, 1.82) is 0 Å². The number of hydrogen-bond acceptors (Lipinski definition) is 6. The van der Waals surface area contributed by atoms with Crippen LogP contribution in [0.5, 0.6) is 11.5 Å². The highest BCUT2D eigenvalue weighted by Crippen LogP contribution is 2.18. The van der Waals surface area contributed by atoms with E-state index >= 15 is 0 Å². The minimum Gasteiger partial charge on any atom is -0.494 e. The molecule has 1 aromatic heterocycles. The van der Waals surface area contributed by atoms with Crippen molar-refractivity contribution < 1.29 is 17.9 Å². The molecule has 1 aromatic carbocycles. The summed E-state index contributed by atoms with van der Waals surface area (Å²) in [6.07, 6.45) is 2.97. The second kappa shape index (κ2) is 9.16. The van der Waals surface area contributed by atoms with Gasteiger partial charge in [-0.2, -0.15) is 4.31 Å². The first-order valence-corrected chi connectivity index (χ1v) is 10.5. The summed E-state index contributed by atoms with van der Waals surface area (Å²) in [6.45, 7) is 6.23. The molecule has 7 nitrogen and oxygen atoms in total. The predicted molar refractivity (Wildman–Crippen MR) is 103 cm³/mol. The molecule has 0 aliphatic carbocycles. The van der Waals surface area contributed by atoms with Crippen LogP contribution in [0.15, 0.2) is 53.7 Å². The summed E-state index contributed by atoms with van der Waals surface area (Å²) < 4.78 is 37.9. The Morgan fingerprint density at radius 3 is 2.26 bits per heavy atom. The fourth-order valence-corrected chi connectivity index (χ4v) is 4.32. The average Bonchev–Trinajstić information content (AvgIpc) is 2.71. The monoisotopic (exact) mass is 391 g/mol. The molecule has 0 bridgehead atoms. The smallest absolute Gasteiger partial charge is 0.244 e. The van der Waals surface area contributed by atoms with Crippen LogP contribution in [0.1, 0.15) is 6.92 Å². The quantitative estimate of drug-likeness (QED) is 0.684. The first kappa shape index (κ1) is 19.6. The highest BCUT2D eigenvalue weighted by molar-refractivity contribution is 7.89. The van der Waals surface area contributed by atoms with Gasteiger partial charge in [0, 0.05) is 45.1 Å². The lowest BCUT2D eigenvalue weighted by molar-refractivity contribution is 0.159. The third-order valence-electron chi connectivity index (χ3n) is 4.41. The van der Waals surface area contributed by atoms with Crippen molar-refractivity contribution in [2.75, 3.05) is 45.9 Å². The van der Waals surface area contributed by atoms with E-state index in [1.807, 2.05) is 31.2 Å². The van der Waals surface area contributed by atoms with Gasteiger partial charge in [-0.15, -0.1) is 0 Å². The summed E-state index contributed by atoms with van der Waals surface area (Å²) in [4.78, 5) is 6.36. The Balaban J connectivity index is 1.43. The predicted octanol–water partition coefficient (Wildman–Crippen LogP) is 1.87. The van der Waals surface area contributed by atoms with Crippen LogP contribution in [0.3, 0.4) is 0 Å². The molecule has 0 N–H and O–H groups in total. The van der Waals surface area contributed by atoms with Crippen LogP contribution in [0.4, 0.5) is 0 Å². The molecular formula is C19H25N3O4S. The van der Waals surface area contributed by atoms with Crippen molar-refractivity contribution >= 4 is 10.0 Å². The number of sulfonamides is 1. The molecule has 0 saturated carbocycles. The van der Waals surface area contributed by atoms with Gasteiger partial charge in [-0.1, -0.05) is 0 Å². The molecule has 1 saturated heterocycles. The van der Waals surface area contributed by atoms with E-state index in [1.165, 1.54) is 10.5 Å². The highest BCUT2D eigenvalue weighted by atomic mass is 32.2. The maximum atomic E-state index is 12.6. The van der Waals surface area contributed by atoms with E-state index in [1.54, 1.807) is 18.3 Å². The Labute approximate surface area is 160 Å². The Bertz CT molecular complexity index is 805. The maximum Gasteiger partial charge on any atom is 0.244 e. The Hall–Kier alpha value is -2.16. The van der Waals surface area contributed by atoms with Gasteiger partial charge in [0.15, 0.2) is 0 Å². The lowest BCUT2D eigenvalue weighted by atomic mass is 10.3.